The molecule has 0 radical (unpaired) electrons. The molecule has 0 aliphatic rings. The molecule has 0 saturated heterocycles. The maximum absolute atomic E-state index is 4.32. The van der Waals surface area contributed by atoms with Crippen LogP contribution in [0, 0.1) is 6.92 Å². The standard InChI is InChI=1S/C15H22N4/c1-4-19(5-2)11-10-14-15(17-18-16-14)13-9-7-6-8-12(13)3/h6-9H,4-5,10-11H2,1-3H3,(H,16,17,18). The van der Waals surface area contributed by atoms with E-state index in [1.165, 1.54) is 11.1 Å². The lowest BCUT2D eigenvalue weighted by Gasteiger charge is -2.17. The van der Waals surface area contributed by atoms with Crippen LogP contribution in [0.5, 0.6) is 0 Å². The highest BCUT2D eigenvalue weighted by atomic mass is 15.3. The summed E-state index contributed by atoms with van der Waals surface area (Å²) in [6.45, 7) is 9.67. The Balaban J connectivity index is 2.16. The van der Waals surface area contributed by atoms with Gasteiger partial charge < -0.3 is 4.90 Å². The first-order valence-corrected chi connectivity index (χ1v) is 6.94. The molecule has 2 rings (SSSR count). The molecule has 0 atom stereocenters. The summed E-state index contributed by atoms with van der Waals surface area (Å²) >= 11 is 0. The molecule has 1 aromatic carbocycles. The van der Waals surface area contributed by atoms with Crippen molar-refractivity contribution in [3.8, 4) is 11.3 Å². The van der Waals surface area contributed by atoms with Crippen molar-refractivity contribution in [2.45, 2.75) is 27.2 Å². The summed E-state index contributed by atoms with van der Waals surface area (Å²) in [5, 5.41) is 11.4. The molecular formula is C15H22N4. The second-order valence-corrected chi connectivity index (χ2v) is 4.71. The van der Waals surface area contributed by atoms with Crippen molar-refractivity contribution in [3.05, 3.63) is 35.5 Å². The number of aromatic nitrogens is 3. The number of aryl methyl sites for hydroxylation is 1. The number of H-pyrrole nitrogens is 1. The first-order chi connectivity index (χ1) is 9.26. The fraction of sp³-hybridized carbons (Fsp3) is 0.467. The van der Waals surface area contributed by atoms with Gasteiger partial charge in [-0.25, -0.2) is 0 Å². The van der Waals surface area contributed by atoms with Crippen molar-refractivity contribution in [2.75, 3.05) is 19.6 Å². The predicted molar refractivity (Wildman–Crippen MR) is 78.0 cm³/mol. The van der Waals surface area contributed by atoms with E-state index >= 15 is 0 Å². The van der Waals surface area contributed by atoms with Crippen LogP contribution in [0.25, 0.3) is 11.3 Å². The van der Waals surface area contributed by atoms with E-state index < -0.39 is 0 Å². The monoisotopic (exact) mass is 258 g/mol. The van der Waals surface area contributed by atoms with Crippen LogP contribution in [0.4, 0.5) is 0 Å². The van der Waals surface area contributed by atoms with E-state index in [0.717, 1.165) is 37.4 Å². The first kappa shape index (κ1) is 13.7. The van der Waals surface area contributed by atoms with Crippen LogP contribution in [0.2, 0.25) is 0 Å². The van der Waals surface area contributed by atoms with Crippen molar-refractivity contribution in [1.29, 1.82) is 0 Å². The van der Waals surface area contributed by atoms with Crippen LogP contribution in [0.15, 0.2) is 24.3 Å². The second-order valence-electron chi connectivity index (χ2n) is 4.71. The Kier molecular flexibility index (Phi) is 4.68. The molecule has 0 aliphatic heterocycles. The molecular weight excluding hydrogens is 236 g/mol. The molecule has 4 nitrogen and oxygen atoms in total. The molecule has 1 heterocycles. The van der Waals surface area contributed by atoms with Crippen LogP contribution >= 0.6 is 0 Å². The fourth-order valence-electron chi connectivity index (χ4n) is 2.29. The highest BCUT2D eigenvalue weighted by molar-refractivity contribution is 5.65. The summed E-state index contributed by atoms with van der Waals surface area (Å²) in [6, 6.07) is 8.31. The molecule has 102 valence electrons. The van der Waals surface area contributed by atoms with Gasteiger partial charge in [-0.1, -0.05) is 38.1 Å². The molecule has 1 N–H and O–H groups in total. The summed E-state index contributed by atoms with van der Waals surface area (Å²) < 4.78 is 0. The number of nitrogens with one attached hydrogen (secondary N) is 1. The smallest absolute Gasteiger partial charge is 0.116 e. The molecule has 0 spiro atoms. The van der Waals surface area contributed by atoms with Gasteiger partial charge in [0, 0.05) is 18.5 Å². The van der Waals surface area contributed by atoms with Crippen molar-refractivity contribution < 1.29 is 0 Å². The van der Waals surface area contributed by atoms with Crippen molar-refractivity contribution in [2.24, 2.45) is 0 Å². The molecule has 4 heteroatoms. The summed E-state index contributed by atoms with van der Waals surface area (Å²) in [6.07, 6.45) is 0.932. The van der Waals surface area contributed by atoms with Gasteiger partial charge >= 0.3 is 0 Å². The summed E-state index contributed by atoms with van der Waals surface area (Å²) in [5.41, 5.74) is 4.46. The van der Waals surface area contributed by atoms with E-state index in [2.05, 4.69) is 59.3 Å². The molecule has 0 fully saturated rings. The number of hydrogen-bond donors (Lipinski definition) is 1. The third-order valence-corrected chi connectivity index (χ3v) is 3.58. The topological polar surface area (TPSA) is 44.8 Å². The van der Waals surface area contributed by atoms with Crippen LogP contribution in [-0.4, -0.2) is 39.9 Å². The Morgan fingerprint density at radius 1 is 1.11 bits per heavy atom. The largest absolute Gasteiger partial charge is 0.303 e. The van der Waals surface area contributed by atoms with E-state index in [1.807, 2.05) is 6.07 Å². The van der Waals surface area contributed by atoms with Crippen LogP contribution < -0.4 is 0 Å². The van der Waals surface area contributed by atoms with Crippen molar-refractivity contribution in [1.82, 2.24) is 20.3 Å². The summed E-state index contributed by atoms with van der Waals surface area (Å²) in [7, 11) is 0. The van der Waals surface area contributed by atoms with Gasteiger partial charge in [-0.2, -0.15) is 15.4 Å². The Hall–Kier alpha value is -1.68. The number of hydrogen-bond acceptors (Lipinski definition) is 3. The molecule has 0 unspecified atom stereocenters. The van der Waals surface area contributed by atoms with Gasteiger partial charge in [0.1, 0.15) is 5.69 Å². The average Bonchev–Trinajstić information content (AvgIpc) is 2.89. The third kappa shape index (κ3) is 3.20. The van der Waals surface area contributed by atoms with E-state index in [1.54, 1.807) is 0 Å². The Labute approximate surface area is 114 Å². The quantitative estimate of drug-likeness (QED) is 0.866. The fourth-order valence-corrected chi connectivity index (χ4v) is 2.29. The van der Waals surface area contributed by atoms with E-state index in [-0.39, 0.29) is 0 Å². The van der Waals surface area contributed by atoms with Crippen LogP contribution in [0.1, 0.15) is 25.1 Å². The maximum Gasteiger partial charge on any atom is 0.116 e. The molecule has 0 aliphatic carbocycles. The van der Waals surface area contributed by atoms with Gasteiger partial charge in [0.2, 0.25) is 0 Å². The molecule has 1 aromatic heterocycles. The molecule has 19 heavy (non-hydrogen) atoms. The van der Waals surface area contributed by atoms with Gasteiger partial charge in [-0.15, -0.1) is 0 Å². The Morgan fingerprint density at radius 3 is 2.53 bits per heavy atom. The zero-order valence-electron chi connectivity index (χ0n) is 12.0. The molecule has 0 saturated carbocycles. The van der Waals surface area contributed by atoms with Crippen LogP contribution in [-0.2, 0) is 6.42 Å². The van der Waals surface area contributed by atoms with Gasteiger partial charge in [-0.05, 0) is 25.6 Å². The number of aromatic amines is 1. The lowest BCUT2D eigenvalue weighted by Crippen LogP contribution is -2.25. The minimum absolute atomic E-state index is 0.932. The second kappa shape index (κ2) is 6.48. The van der Waals surface area contributed by atoms with E-state index in [4.69, 9.17) is 0 Å². The highest BCUT2D eigenvalue weighted by Crippen LogP contribution is 2.23. The number of benzene rings is 1. The Morgan fingerprint density at radius 2 is 1.84 bits per heavy atom. The SMILES string of the molecule is CCN(CC)CCc1n[nH]nc1-c1ccccc1C. The van der Waals surface area contributed by atoms with Crippen molar-refractivity contribution in [3.63, 3.8) is 0 Å². The maximum atomic E-state index is 4.32. The third-order valence-electron chi connectivity index (χ3n) is 3.58. The average molecular weight is 258 g/mol. The predicted octanol–water partition coefficient (Wildman–Crippen LogP) is 2.66. The van der Waals surface area contributed by atoms with E-state index in [0.29, 0.717) is 0 Å². The molecule has 0 amide bonds. The number of nitrogens with zero attached hydrogens (tertiary/aromatic N) is 3. The van der Waals surface area contributed by atoms with Gasteiger partial charge in [0.15, 0.2) is 0 Å². The number of rotatable bonds is 6. The zero-order chi connectivity index (χ0) is 13.7. The van der Waals surface area contributed by atoms with Gasteiger partial charge in [0.05, 0.1) is 5.69 Å². The summed E-state index contributed by atoms with van der Waals surface area (Å²) in [4.78, 5) is 2.40. The highest BCUT2D eigenvalue weighted by Gasteiger charge is 2.12. The lowest BCUT2D eigenvalue weighted by atomic mass is 10.0. The molecule has 0 bridgehead atoms. The van der Waals surface area contributed by atoms with Crippen LogP contribution in [0.3, 0.4) is 0 Å². The lowest BCUT2D eigenvalue weighted by molar-refractivity contribution is 0.307. The minimum Gasteiger partial charge on any atom is -0.303 e. The van der Waals surface area contributed by atoms with E-state index in [9.17, 15) is 0 Å². The minimum atomic E-state index is 0.932. The summed E-state index contributed by atoms with van der Waals surface area (Å²) in [5.74, 6) is 0. The Bertz CT molecular complexity index is 514. The van der Waals surface area contributed by atoms with Gasteiger partial charge in [-0.3, -0.25) is 0 Å². The zero-order valence-corrected chi connectivity index (χ0v) is 12.0. The van der Waals surface area contributed by atoms with Gasteiger partial charge in [0.25, 0.3) is 0 Å². The number of likely N-dealkylation sites (N-methyl/N-ethyl adjacent to an activating group) is 1. The van der Waals surface area contributed by atoms with Crippen molar-refractivity contribution >= 4 is 0 Å². The normalized spacial score (nSPS) is 11.2. The molecule has 2 aromatic rings. The first-order valence-electron chi connectivity index (χ1n) is 6.94.